The van der Waals surface area contributed by atoms with Crippen LogP contribution in [-0.2, 0) is 13.0 Å². The summed E-state index contributed by atoms with van der Waals surface area (Å²) >= 11 is 5.25. The maximum Gasteiger partial charge on any atom is 0.132 e. The third-order valence-electron chi connectivity index (χ3n) is 3.05. The van der Waals surface area contributed by atoms with Crippen LogP contribution in [0.2, 0.25) is 0 Å². The normalized spacial score (nSPS) is 10.8. The van der Waals surface area contributed by atoms with E-state index in [1.807, 2.05) is 24.7 Å². The van der Waals surface area contributed by atoms with Crippen molar-refractivity contribution in [3.8, 4) is 11.3 Å². The maximum absolute atomic E-state index is 5.93. The molecule has 0 radical (unpaired) electrons. The highest BCUT2D eigenvalue weighted by molar-refractivity contribution is 9.11. The van der Waals surface area contributed by atoms with Gasteiger partial charge in [-0.25, -0.2) is 9.97 Å². The van der Waals surface area contributed by atoms with Crippen LogP contribution in [0.1, 0.15) is 4.88 Å². The molecule has 0 aliphatic rings. The van der Waals surface area contributed by atoms with Gasteiger partial charge in [0.2, 0.25) is 0 Å². The van der Waals surface area contributed by atoms with Gasteiger partial charge in [-0.05, 0) is 46.6 Å². The zero-order valence-corrected chi connectivity index (χ0v) is 13.1. The summed E-state index contributed by atoms with van der Waals surface area (Å²) < 4.78 is 3.27. The zero-order valence-electron chi connectivity index (χ0n) is 10.7. The van der Waals surface area contributed by atoms with E-state index >= 15 is 0 Å². The van der Waals surface area contributed by atoms with E-state index in [4.69, 9.17) is 5.73 Å². The van der Waals surface area contributed by atoms with Crippen LogP contribution in [-0.4, -0.2) is 14.5 Å². The predicted octanol–water partition coefficient (Wildman–Crippen LogP) is 3.59. The van der Waals surface area contributed by atoms with Crippen LogP contribution in [0, 0.1) is 0 Å². The quantitative estimate of drug-likeness (QED) is 0.783. The predicted molar refractivity (Wildman–Crippen MR) is 85.6 cm³/mol. The summed E-state index contributed by atoms with van der Waals surface area (Å²) in [4.78, 5) is 9.70. The molecule has 102 valence electrons. The Kier molecular flexibility index (Phi) is 3.84. The highest BCUT2D eigenvalue weighted by atomic mass is 79.9. The molecule has 3 aromatic heterocycles. The van der Waals surface area contributed by atoms with Crippen molar-refractivity contribution in [3.63, 3.8) is 0 Å². The second-order valence-corrected chi connectivity index (χ2v) is 6.91. The Morgan fingerprint density at radius 3 is 2.95 bits per heavy atom. The third kappa shape index (κ3) is 2.76. The SMILES string of the molecule is Nc1ncccc1-c1cncn1CCc1ccc(Br)s1. The molecule has 20 heavy (non-hydrogen) atoms. The largest absolute Gasteiger partial charge is 0.383 e. The van der Waals surface area contributed by atoms with Gasteiger partial charge in [-0.3, -0.25) is 0 Å². The van der Waals surface area contributed by atoms with Crippen LogP contribution in [0.15, 0.2) is 46.8 Å². The Morgan fingerprint density at radius 2 is 2.20 bits per heavy atom. The summed E-state index contributed by atoms with van der Waals surface area (Å²) in [5.41, 5.74) is 7.87. The molecule has 3 heterocycles. The molecular formula is C14H13BrN4S. The number of aryl methyl sites for hydroxylation is 2. The van der Waals surface area contributed by atoms with Crippen molar-refractivity contribution in [3.05, 3.63) is 51.7 Å². The van der Waals surface area contributed by atoms with Gasteiger partial charge in [0.05, 0.1) is 22.0 Å². The smallest absolute Gasteiger partial charge is 0.132 e. The molecule has 0 saturated heterocycles. The number of imidazole rings is 1. The van der Waals surface area contributed by atoms with Gasteiger partial charge in [0, 0.05) is 23.2 Å². The molecular weight excluding hydrogens is 336 g/mol. The van der Waals surface area contributed by atoms with Gasteiger partial charge in [-0.1, -0.05) is 0 Å². The molecule has 3 rings (SSSR count). The van der Waals surface area contributed by atoms with Gasteiger partial charge in [0.15, 0.2) is 0 Å². The van der Waals surface area contributed by atoms with Crippen molar-refractivity contribution in [1.82, 2.24) is 14.5 Å². The number of anilines is 1. The van der Waals surface area contributed by atoms with Gasteiger partial charge in [0.1, 0.15) is 5.82 Å². The number of nitrogen functional groups attached to an aromatic ring is 1. The molecule has 0 aliphatic heterocycles. The second-order valence-electron chi connectivity index (χ2n) is 4.36. The van der Waals surface area contributed by atoms with Crippen LogP contribution >= 0.6 is 27.3 Å². The highest BCUT2D eigenvalue weighted by Gasteiger charge is 2.09. The summed E-state index contributed by atoms with van der Waals surface area (Å²) in [6.45, 7) is 0.872. The van der Waals surface area contributed by atoms with Crippen molar-refractivity contribution >= 4 is 33.1 Å². The topological polar surface area (TPSA) is 56.7 Å². The van der Waals surface area contributed by atoms with E-state index in [1.165, 1.54) is 4.88 Å². The van der Waals surface area contributed by atoms with Gasteiger partial charge in [0.25, 0.3) is 0 Å². The average Bonchev–Trinajstić information content (AvgIpc) is 3.06. The third-order valence-corrected chi connectivity index (χ3v) is 4.74. The van der Waals surface area contributed by atoms with Gasteiger partial charge in [-0.15, -0.1) is 11.3 Å². The monoisotopic (exact) mass is 348 g/mol. The number of halogens is 1. The van der Waals surface area contributed by atoms with Crippen molar-refractivity contribution < 1.29 is 0 Å². The lowest BCUT2D eigenvalue weighted by Gasteiger charge is -2.08. The minimum Gasteiger partial charge on any atom is -0.383 e. The van der Waals surface area contributed by atoms with E-state index < -0.39 is 0 Å². The van der Waals surface area contributed by atoms with Crippen molar-refractivity contribution in [1.29, 1.82) is 0 Å². The number of hydrogen-bond acceptors (Lipinski definition) is 4. The van der Waals surface area contributed by atoms with Gasteiger partial charge < -0.3 is 10.3 Å². The Bertz CT molecular complexity index is 719. The van der Waals surface area contributed by atoms with Crippen LogP contribution < -0.4 is 5.73 Å². The van der Waals surface area contributed by atoms with E-state index in [-0.39, 0.29) is 0 Å². The van der Waals surface area contributed by atoms with E-state index in [0.717, 1.165) is 28.0 Å². The summed E-state index contributed by atoms with van der Waals surface area (Å²) in [6.07, 6.45) is 6.34. The van der Waals surface area contributed by atoms with E-state index in [1.54, 1.807) is 17.5 Å². The second kappa shape index (κ2) is 5.76. The molecule has 0 aliphatic carbocycles. The number of thiophene rings is 1. The first-order valence-electron chi connectivity index (χ1n) is 6.19. The van der Waals surface area contributed by atoms with Gasteiger partial charge in [-0.2, -0.15) is 0 Å². The lowest BCUT2D eigenvalue weighted by Crippen LogP contribution is -2.03. The molecule has 0 atom stereocenters. The average molecular weight is 349 g/mol. The number of pyridine rings is 1. The molecule has 0 bridgehead atoms. The summed E-state index contributed by atoms with van der Waals surface area (Å²) in [6, 6.07) is 8.08. The van der Waals surface area contributed by atoms with Crippen LogP contribution in [0.25, 0.3) is 11.3 Å². The fourth-order valence-corrected chi connectivity index (χ4v) is 3.55. The van der Waals surface area contributed by atoms with Crippen molar-refractivity contribution in [2.75, 3.05) is 5.73 Å². The Morgan fingerprint density at radius 1 is 1.30 bits per heavy atom. The number of rotatable bonds is 4. The van der Waals surface area contributed by atoms with Crippen molar-refractivity contribution in [2.24, 2.45) is 0 Å². The lowest BCUT2D eigenvalue weighted by atomic mass is 10.2. The first-order chi connectivity index (χ1) is 9.74. The first-order valence-corrected chi connectivity index (χ1v) is 7.80. The molecule has 4 nitrogen and oxygen atoms in total. The van der Waals surface area contributed by atoms with Crippen LogP contribution in [0.3, 0.4) is 0 Å². The van der Waals surface area contributed by atoms with E-state index in [9.17, 15) is 0 Å². The molecule has 6 heteroatoms. The Labute approximate surface area is 129 Å². The summed E-state index contributed by atoms with van der Waals surface area (Å²) in [5, 5.41) is 0. The van der Waals surface area contributed by atoms with E-state index in [0.29, 0.717) is 5.82 Å². The van der Waals surface area contributed by atoms with Crippen LogP contribution in [0.4, 0.5) is 5.82 Å². The molecule has 2 N–H and O–H groups in total. The number of nitrogens with zero attached hydrogens (tertiary/aromatic N) is 3. The molecule has 0 saturated carbocycles. The maximum atomic E-state index is 5.93. The number of hydrogen-bond donors (Lipinski definition) is 1. The summed E-state index contributed by atoms with van der Waals surface area (Å²) in [5.74, 6) is 0.535. The fourth-order valence-electron chi connectivity index (χ4n) is 2.07. The molecule has 0 unspecified atom stereocenters. The number of nitrogens with two attached hydrogens (primary N) is 1. The number of aromatic nitrogens is 3. The lowest BCUT2D eigenvalue weighted by molar-refractivity contribution is 0.707. The van der Waals surface area contributed by atoms with Crippen LogP contribution in [0.5, 0.6) is 0 Å². The van der Waals surface area contributed by atoms with E-state index in [2.05, 4.69) is 42.6 Å². The molecule has 0 amide bonds. The fraction of sp³-hybridized carbons (Fsp3) is 0.143. The Balaban J connectivity index is 1.82. The minimum atomic E-state index is 0.535. The minimum absolute atomic E-state index is 0.535. The molecule has 0 fully saturated rings. The molecule has 0 aromatic carbocycles. The molecule has 0 spiro atoms. The van der Waals surface area contributed by atoms with Gasteiger partial charge >= 0.3 is 0 Å². The Hall–Kier alpha value is -1.66. The first kappa shape index (κ1) is 13.3. The van der Waals surface area contributed by atoms with Crippen molar-refractivity contribution in [2.45, 2.75) is 13.0 Å². The zero-order chi connectivity index (χ0) is 13.9. The standard InChI is InChI=1S/C14H13BrN4S/c15-13-4-3-10(20-13)5-7-19-9-17-8-12(19)11-2-1-6-18-14(11)16/h1-4,6,8-9H,5,7H2,(H2,16,18). The summed E-state index contributed by atoms with van der Waals surface area (Å²) in [7, 11) is 0. The molecule has 3 aromatic rings. The highest BCUT2D eigenvalue weighted by Crippen LogP contribution is 2.25.